The van der Waals surface area contributed by atoms with E-state index in [1.54, 1.807) is 23.0 Å². The number of amides is 1. The third-order valence-corrected chi connectivity index (χ3v) is 5.73. The molecule has 0 unspecified atom stereocenters. The quantitative estimate of drug-likeness (QED) is 0.389. The number of aromatic nitrogens is 5. The highest BCUT2D eigenvalue weighted by Crippen LogP contribution is 2.40. The molecule has 1 amide bonds. The molecule has 0 spiro atoms. The van der Waals surface area contributed by atoms with Gasteiger partial charge in [0.1, 0.15) is 6.10 Å². The molecule has 1 aliphatic rings. The van der Waals surface area contributed by atoms with Crippen molar-refractivity contribution >= 4 is 45.7 Å². The number of aromatic amines is 1. The fourth-order valence-corrected chi connectivity index (χ4v) is 3.94. The van der Waals surface area contributed by atoms with Gasteiger partial charge in [0, 0.05) is 23.2 Å². The first-order chi connectivity index (χ1) is 15.4. The lowest BCUT2D eigenvalue weighted by molar-refractivity contribution is 0.0623. The zero-order valence-corrected chi connectivity index (χ0v) is 18.2. The highest BCUT2D eigenvalue weighted by molar-refractivity contribution is 6.35. The highest BCUT2D eigenvalue weighted by Gasteiger charge is 2.24. The summed E-state index contributed by atoms with van der Waals surface area (Å²) < 4.78 is 22.1. The summed E-state index contributed by atoms with van der Waals surface area (Å²) in [6, 6.07) is 0.000225. The van der Waals surface area contributed by atoms with E-state index in [-0.39, 0.29) is 22.9 Å². The fourth-order valence-electron chi connectivity index (χ4n) is 3.65. The van der Waals surface area contributed by atoms with Gasteiger partial charge in [-0.2, -0.15) is 5.10 Å². The molecule has 4 aromatic rings. The molecule has 9 nitrogen and oxygen atoms in total. The van der Waals surface area contributed by atoms with E-state index in [1.165, 1.54) is 6.20 Å². The van der Waals surface area contributed by atoms with E-state index in [0.717, 1.165) is 19.3 Å². The van der Waals surface area contributed by atoms with Crippen molar-refractivity contribution in [1.82, 2.24) is 24.6 Å². The smallest absolute Gasteiger partial charge is 0.413 e. The molecule has 166 valence electrons. The Bertz CT molecular complexity index is 1330. The second-order valence-corrected chi connectivity index (χ2v) is 8.46. The van der Waals surface area contributed by atoms with Crippen LogP contribution < -0.4 is 10.6 Å². The lowest BCUT2D eigenvalue weighted by Gasteiger charge is -2.24. The largest absolute Gasteiger partial charge is 0.446 e. The Morgan fingerprint density at radius 2 is 2.16 bits per heavy atom. The monoisotopic (exact) mass is 457 g/mol. The minimum Gasteiger partial charge on any atom is -0.446 e. The van der Waals surface area contributed by atoms with Crippen LogP contribution in [0.15, 0.2) is 24.8 Å². The number of halogens is 2. The molecule has 1 aliphatic carbocycles. The Kier molecular flexibility index (Phi) is 5.09. The number of fused-ring (bicyclic) bond motifs is 2. The minimum absolute atomic E-state index is 0.000225. The summed E-state index contributed by atoms with van der Waals surface area (Å²) in [5.74, 6) is -0.253. The van der Waals surface area contributed by atoms with E-state index >= 15 is 4.39 Å². The van der Waals surface area contributed by atoms with Crippen LogP contribution in [0.1, 0.15) is 33.1 Å². The topological polar surface area (TPSA) is 109 Å². The second-order valence-electron chi connectivity index (χ2n) is 8.08. The van der Waals surface area contributed by atoms with E-state index in [0.29, 0.717) is 33.6 Å². The number of carbonyl (C=O) groups is 1. The van der Waals surface area contributed by atoms with Crippen LogP contribution in [0.5, 0.6) is 0 Å². The summed E-state index contributed by atoms with van der Waals surface area (Å²) in [5.41, 5.74) is 2.12. The van der Waals surface area contributed by atoms with Gasteiger partial charge in [-0.1, -0.05) is 11.6 Å². The number of imidazole rings is 1. The molecule has 3 aromatic heterocycles. The van der Waals surface area contributed by atoms with E-state index < -0.39 is 11.9 Å². The van der Waals surface area contributed by atoms with Gasteiger partial charge in [-0.05, 0) is 33.1 Å². The molecule has 3 N–H and O–H groups in total. The van der Waals surface area contributed by atoms with Gasteiger partial charge < -0.3 is 14.5 Å². The summed E-state index contributed by atoms with van der Waals surface area (Å²) in [6.07, 6.45) is 8.70. The molecule has 1 saturated carbocycles. The van der Waals surface area contributed by atoms with Crippen LogP contribution in [-0.2, 0) is 4.74 Å². The fraction of sp³-hybridized carbons (Fsp3) is 0.333. The van der Waals surface area contributed by atoms with Gasteiger partial charge in [-0.3, -0.25) is 15.4 Å². The molecule has 0 bridgehead atoms. The molecule has 3 heterocycles. The maximum absolute atomic E-state index is 15.2. The molecule has 32 heavy (non-hydrogen) atoms. The number of nitrogens with one attached hydrogen (secondary N) is 3. The van der Waals surface area contributed by atoms with Crippen molar-refractivity contribution in [2.24, 2.45) is 0 Å². The zero-order chi connectivity index (χ0) is 22.4. The van der Waals surface area contributed by atoms with E-state index in [2.05, 4.69) is 30.8 Å². The van der Waals surface area contributed by atoms with E-state index in [1.807, 2.05) is 13.8 Å². The minimum atomic E-state index is -0.583. The maximum atomic E-state index is 15.2. The van der Waals surface area contributed by atoms with Crippen molar-refractivity contribution in [3.8, 4) is 11.3 Å². The van der Waals surface area contributed by atoms with Crippen molar-refractivity contribution in [2.45, 2.75) is 45.3 Å². The molecule has 0 aliphatic heterocycles. The summed E-state index contributed by atoms with van der Waals surface area (Å²) in [7, 11) is 0. The maximum Gasteiger partial charge on any atom is 0.413 e. The van der Waals surface area contributed by atoms with Crippen LogP contribution in [0.25, 0.3) is 27.8 Å². The van der Waals surface area contributed by atoms with Gasteiger partial charge in [0.05, 0.1) is 40.5 Å². The van der Waals surface area contributed by atoms with Crippen molar-refractivity contribution < 1.29 is 13.9 Å². The number of H-pyrrole nitrogens is 1. The van der Waals surface area contributed by atoms with Crippen molar-refractivity contribution in [2.75, 3.05) is 10.6 Å². The van der Waals surface area contributed by atoms with Gasteiger partial charge in [-0.15, -0.1) is 0 Å². The Morgan fingerprint density at radius 1 is 1.34 bits per heavy atom. The summed E-state index contributed by atoms with van der Waals surface area (Å²) in [6.45, 7) is 3.82. The van der Waals surface area contributed by atoms with Gasteiger partial charge in [0.25, 0.3) is 0 Å². The second kappa shape index (κ2) is 7.94. The van der Waals surface area contributed by atoms with Crippen molar-refractivity contribution in [3.63, 3.8) is 0 Å². The van der Waals surface area contributed by atoms with Gasteiger partial charge in [-0.25, -0.2) is 14.2 Å². The molecule has 0 saturated heterocycles. The SMILES string of the molecule is CC(C)Nc1c(F)c(Cl)c(-c2cn3cc(NC(=O)OC4CCC4)nc3cn2)c2cn[nH]c12. The van der Waals surface area contributed by atoms with Crippen LogP contribution in [0.3, 0.4) is 0 Å². The standard InChI is InChI=1S/C21H21ClFN7O2/c1-10(2)26-20-18(23)17(22)16(12-6-25-29-19(12)20)13-8-30-9-14(27-15(30)7-24-13)28-21(31)32-11-4-3-5-11/h6-11,26H,3-5H2,1-2H3,(H,25,29)(H,28,31). The summed E-state index contributed by atoms with van der Waals surface area (Å²) >= 11 is 6.45. The molecule has 0 atom stereocenters. The number of rotatable bonds is 5. The summed E-state index contributed by atoms with van der Waals surface area (Å²) in [5, 5.41) is 13.2. The highest BCUT2D eigenvalue weighted by atomic mass is 35.5. The van der Waals surface area contributed by atoms with E-state index in [9.17, 15) is 4.79 Å². The number of anilines is 2. The average Bonchev–Trinajstić information content (AvgIpc) is 3.34. The van der Waals surface area contributed by atoms with Crippen LogP contribution in [0.4, 0.5) is 20.7 Å². The predicted octanol–water partition coefficient (Wildman–Crippen LogP) is 4.99. The first-order valence-electron chi connectivity index (χ1n) is 10.3. The van der Waals surface area contributed by atoms with E-state index in [4.69, 9.17) is 16.3 Å². The Balaban J connectivity index is 1.51. The number of carbonyl (C=O) groups excluding carboxylic acids is 1. The lowest BCUT2D eigenvalue weighted by Crippen LogP contribution is -2.27. The molecular weight excluding hydrogens is 437 g/mol. The molecule has 5 rings (SSSR count). The van der Waals surface area contributed by atoms with Gasteiger partial charge >= 0.3 is 6.09 Å². The molecule has 1 fully saturated rings. The number of hydrogen-bond acceptors (Lipinski definition) is 6. The van der Waals surface area contributed by atoms with Crippen molar-refractivity contribution in [1.29, 1.82) is 0 Å². The Morgan fingerprint density at radius 3 is 2.88 bits per heavy atom. The third-order valence-electron chi connectivity index (χ3n) is 5.38. The number of ether oxygens (including phenoxy) is 1. The first-order valence-corrected chi connectivity index (χ1v) is 10.7. The summed E-state index contributed by atoms with van der Waals surface area (Å²) in [4.78, 5) is 20.8. The number of nitrogens with zero attached hydrogens (tertiary/aromatic N) is 4. The van der Waals surface area contributed by atoms with Crippen LogP contribution >= 0.6 is 11.6 Å². The Labute approximate surface area is 187 Å². The molecule has 1 aromatic carbocycles. The molecule has 11 heteroatoms. The molecular formula is C21H21ClFN7O2. The lowest BCUT2D eigenvalue weighted by atomic mass is 9.96. The van der Waals surface area contributed by atoms with Gasteiger partial charge in [0.15, 0.2) is 17.3 Å². The first kappa shape index (κ1) is 20.5. The average molecular weight is 458 g/mol. The van der Waals surface area contributed by atoms with Gasteiger partial charge in [0.2, 0.25) is 0 Å². The third kappa shape index (κ3) is 3.60. The van der Waals surface area contributed by atoms with Crippen LogP contribution in [-0.4, -0.2) is 42.8 Å². The van der Waals surface area contributed by atoms with Crippen LogP contribution in [0, 0.1) is 5.82 Å². The normalized spacial score (nSPS) is 14.2. The zero-order valence-electron chi connectivity index (χ0n) is 17.4. The molecule has 0 radical (unpaired) electrons. The number of benzene rings is 1. The van der Waals surface area contributed by atoms with Crippen molar-refractivity contribution in [3.05, 3.63) is 35.6 Å². The van der Waals surface area contributed by atoms with Crippen LogP contribution in [0.2, 0.25) is 5.02 Å². The Hall–Kier alpha value is -3.40. The number of hydrogen-bond donors (Lipinski definition) is 3. The predicted molar refractivity (Wildman–Crippen MR) is 120 cm³/mol.